The minimum atomic E-state index is -4.64. The Morgan fingerprint density at radius 2 is 1.95 bits per heavy atom. The van der Waals surface area contributed by atoms with Crippen LogP contribution < -0.4 is 11.5 Å². The molecule has 0 unspecified atom stereocenters. The van der Waals surface area contributed by atoms with Crippen molar-refractivity contribution < 1.29 is 18.0 Å². The van der Waals surface area contributed by atoms with E-state index in [1.54, 1.807) is 0 Å². The molecule has 0 aliphatic carbocycles. The molecule has 2 aromatic heterocycles. The summed E-state index contributed by atoms with van der Waals surface area (Å²) < 4.78 is 39.1. The average molecular weight is 315 g/mol. The lowest BCUT2D eigenvalue weighted by Crippen LogP contribution is -2.18. The smallest absolute Gasteiger partial charge is 0.389 e. The largest absolute Gasteiger partial charge is 0.433 e. The molecule has 0 fully saturated rings. The molecule has 0 aliphatic heterocycles. The molecule has 0 aliphatic rings. The van der Waals surface area contributed by atoms with Gasteiger partial charge in [-0.15, -0.1) is 0 Å². The molecule has 1 amide bonds. The molecule has 6 nitrogen and oxygen atoms in total. The molecular formula is C11H8F3N5OS. The van der Waals surface area contributed by atoms with Gasteiger partial charge >= 0.3 is 6.18 Å². The van der Waals surface area contributed by atoms with E-state index in [0.717, 1.165) is 29.2 Å². The van der Waals surface area contributed by atoms with Gasteiger partial charge in [0.05, 0.1) is 17.3 Å². The number of halogens is 3. The first-order valence-corrected chi connectivity index (χ1v) is 5.84. The first-order valence-electron chi connectivity index (χ1n) is 5.43. The molecular weight excluding hydrogens is 307 g/mol. The molecule has 0 aromatic carbocycles. The Bertz CT molecular complexity index is 725. The van der Waals surface area contributed by atoms with Crippen molar-refractivity contribution in [1.29, 1.82) is 0 Å². The van der Waals surface area contributed by atoms with Crippen LogP contribution in [-0.2, 0) is 6.18 Å². The topological polar surface area (TPSA) is 99.8 Å². The van der Waals surface area contributed by atoms with Gasteiger partial charge in [-0.1, -0.05) is 12.2 Å². The van der Waals surface area contributed by atoms with Crippen molar-refractivity contribution in [2.24, 2.45) is 11.5 Å². The molecule has 0 saturated carbocycles. The van der Waals surface area contributed by atoms with Crippen LogP contribution in [0, 0.1) is 0 Å². The molecule has 0 saturated heterocycles. The van der Waals surface area contributed by atoms with Gasteiger partial charge in [0.2, 0.25) is 0 Å². The van der Waals surface area contributed by atoms with Crippen LogP contribution in [0.5, 0.6) is 0 Å². The van der Waals surface area contributed by atoms with Crippen molar-refractivity contribution in [3.05, 3.63) is 41.3 Å². The summed E-state index contributed by atoms with van der Waals surface area (Å²) in [5.41, 5.74) is 9.49. The number of alkyl halides is 3. The predicted octanol–water partition coefficient (Wildman–Crippen LogP) is 1.02. The maximum atomic E-state index is 12.7. The standard InChI is InChI=1S/C11H8F3N5OS/c12-11(13,14)7-2-1-6(9(16)21)10(18-7)19-4-5(3-17-19)8(15)20/h1-4H,(H2,15,20)(H2,16,21). The summed E-state index contributed by atoms with van der Waals surface area (Å²) in [5.74, 6) is -1.00. The number of pyridine rings is 1. The molecule has 2 aromatic rings. The van der Waals surface area contributed by atoms with Crippen LogP contribution in [0.4, 0.5) is 13.2 Å². The number of nitrogens with zero attached hydrogens (tertiary/aromatic N) is 3. The fraction of sp³-hybridized carbons (Fsp3) is 0.0909. The van der Waals surface area contributed by atoms with Crippen LogP contribution in [0.25, 0.3) is 5.82 Å². The third-order valence-electron chi connectivity index (χ3n) is 2.52. The Morgan fingerprint density at radius 1 is 1.29 bits per heavy atom. The normalized spacial score (nSPS) is 11.4. The molecule has 0 radical (unpaired) electrons. The van der Waals surface area contributed by atoms with E-state index >= 15 is 0 Å². The highest BCUT2D eigenvalue weighted by molar-refractivity contribution is 7.80. The number of rotatable bonds is 3. The fourth-order valence-corrected chi connectivity index (χ4v) is 1.70. The number of carbonyl (C=O) groups is 1. The van der Waals surface area contributed by atoms with Crippen LogP contribution in [0.1, 0.15) is 21.6 Å². The SMILES string of the molecule is NC(=O)c1cnn(-c2nc(C(F)(F)F)ccc2C(N)=S)c1. The highest BCUT2D eigenvalue weighted by Gasteiger charge is 2.33. The van der Waals surface area contributed by atoms with Gasteiger partial charge < -0.3 is 11.5 Å². The van der Waals surface area contributed by atoms with Crippen molar-refractivity contribution in [3.63, 3.8) is 0 Å². The zero-order valence-corrected chi connectivity index (χ0v) is 11.1. The van der Waals surface area contributed by atoms with E-state index in [4.69, 9.17) is 23.7 Å². The van der Waals surface area contributed by atoms with Gasteiger partial charge in [-0.25, -0.2) is 9.67 Å². The molecule has 10 heteroatoms. The Kier molecular flexibility index (Phi) is 3.64. The van der Waals surface area contributed by atoms with E-state index in [0.29, 0.717) is 0 Å². The lowest BCUT2D eigenvalue weighted by atomic mass is 10.2. The number of carbonyl (C=O) groups excluding carboxylic acids is 1. The Hall–Kier alpha value is -2.49. The molecule has 0 spiro atoms. The summed E-state index contributed by atoms with van der Waals surface area (Å²) >= 11 is 4.77. The van der Waals surface area contributed by atoms with Gasteiger partial charge in [-0.05, 0) is 12.1 Å². The number of primary amides is 1. The summed E-state index contributed by atoms with van der Waals surface area (Å²) in [4.78, 5) is 14.3. The summed E-state index contributed by atoms with van der Waals surface area (Å²) in [5, 5.41) is 3.74. The third-order valence-corrected chi connectivity index (χ3v) is 2.74. The van der Waals surface area contributed by atoms with Crippen LogP contribution in [0.2, 0.25) is 0 Å². The zero-order valence-electron chi connectivity index (χ0n) is 10.3. The van der Waals surface area contributed by atoms with Crippen molar-refractivity contribution in [2.45, 2.75) is 6.18 Å². The number of nitrogens with two attached hydrogens (primary N) is 2. The van der Waals surface area contributed by atoms with Crippen LogP contribution in [0.3, 0.4) is 0 Å². The zero-order chi connectivity index (χ0) is 15.8. The molecule has 110 valence electrons. The van der Waals surface area contributed by atoms with Gasteiger partial charge in [0.1, 0.15) is 10.7 Å². The summed E-state index contributed by atoms with van der Waals surface area (Å²) in [6, 6.07) is 1.86. The van der Waals surface area contributed by atoms with Gasteiger partial charge in [-0.2, -0.15) is 18.3 Å². The van der Waals surface area contributed by atoms with Gasteiger partial charge in [0.25, 0.3) is 5.91 Å². The van der Waals surface area contributed by atoms with E-state index in [2.05, 4.69) is 10.1 Å². The average Bonchev–Trinajstić information content (AvgIpc) is 2.86. The van der Waals surface area contributed by atoms with Crippen LogP contribution >= 0.6 is 12.2 Å². The Balaban J connectivity index is 2.62. The predicted molar refractivity (Wildman–Crippen MR) is 70.8 cm³/mol. The molecule has 4 N–H and O–H groups in total. The number of amides is 1. The molecule has 0 bridgehead atoms. The molecule has 21 heavy (non-hydrogen) atoms. The van der Waals surface area contributed by atoms with E-state index in [9.17, 15) is 18.0 Å². The third kappa shape index (κ3) is 2.99. The lowest BCUT2D eigenvalue weighted by molar-refractivity contribution is -0.141. The first kappa shape index (κ1) is 14.9. The lowest BCUT2D eigenvalue weighted by Gasteiger charge is -2.11. The van der Waals surface area contributed by atoms with Crippen molar-refractivity contribution in [1.82, 2.24) is 14.8 Å². The number of hydrogen-bond donors (Lipinski definition) is 2. The van der Waals surface area contributed by atoms with Crippen LogP contribution in [-0.4, -0.2) is 25.7 Å². The first-order chi connectivity index (χ1) is 9.70. The molecule has 0 atom stereocenters. The Labute approximate surface area is 121 Å². The number of thiocarbonyl (C=S) groups is 1. The minimum Gasteiger partial charge on any atom is -0.389 e. The van der Waals surface area contributed by atoms with E-state index < -0.39 is 17.8 Å². The molecule has 2 rings (SSSR count). The summed E-state index contributed by atoms with van der Waals surface area (Å²) in [7, 11) is 0. The second-order valence-electron chi connectivity index (χ2n) is 3.97. The van der Waals surface area contributed by atoms with Gasteiger partial charge in [-0.3, -0.25) is 4.79 Å². The minimum absolute atomic E-state index is 0.0168. The highest BCUT2D eigenvalue weighted by Crippen LogP contribution is 2.29. The van der Waals surface area contributed by atoms with Gasteiger partial charge in [0, 0.05) is 6.20 Å². The van der Waals surface area contributed by atoms with Crippen molar-refractivity contribution in [2.75, 3.05) is 0 Å². The highest BCUT2D eigenvalue weighted by atomic mass is 32.1. The maximum absolute atomic E-state index is 12.7. The Morgan fingerprint density at radius 3 is 2.43 bits per heavy atom. The second kappa shape index (κ2) is 5.13. The quantitative estimate of drug-likeness (QED) is 0.824. The number of hydrogen-bond acceptors (Lipinski definition) is 4. The molecule has 2 heterocycles. The van der Waals surface area contributed by atoms with E-state index in [1.165, 1.54) is 0 Å². The van der Waals surface area contributed by atoms with E-state index in [1.807, 2.05) is 0 Å². The van der Waals surface area contributed by atoms with Crippen LogP contribution in [0.15, 0.2) is 24.5 Å². The monoisotopic (exact) mass is 315 g/mol. The maximum Gasteiger partial charge on any atom is 0.433 e. The summed E-state index contributed by atoms with van der Waals surface area (Å²) in [6.07, 6.45) is -2.39. The fourth-order valence-electron chi connectivity index (χ4n) is 1.54. The number of aromatic nitrogens is 3. The van der Waals surface area contributed by atoms with Crippen molar-refractivity contribution >= 4 is 23.1 Å². The second-order valence-corrected chi connectivity index (χ2v) is 4.41. The van der Waals surface area contributed by atoms with Gasteiger partial charge in [0.15, 0.2) is 5.82 Å². The summed E-state index contributed by atoms with van der Waals surface area (Å²) in [6.45, 7) is 0. The van der Waals surface area contributed by atoms with Crippen molar-refractivity contribution in [3.8, 4) is 5.82 Å². The van der Waals surface area contributed by atoms with E-state index in [-0.39, 0.29) is 21.9 Å².